The third kappa shape index (κ3) is 3.83. The molecular formula is C23H23N3O4. The van der Waals surface area contributed by atoms with Gasteiger partial charge in [0.2, 0.25) is 0 Å². The molecule has 0 spiro atoms. The molecule has 1 amide bonds. The fraction of sp³-hybridized carbons (Fsp3) is 0.304. The molecule has 0 unspecified atom stereocenters. The van der Waals surface area contributed by atoms with Gasteiger partial charge in [-0.3, -0.25) is 9.59 Å². The second kappa shape index (κ2) is 8.49. The first kappa shape index (κ1) is 19.8. The average molecular weight is 405 g/mol. The van der Waals surface area contributed by atoms with Gasteiger partial charge in [-0.25, -0.2) is 9.48 Å². The Morgan fingerprint density at radius 2 is 1.87 bits per heavy atom. The van der Waals surface area contributed by atoms with E-state index in [-0.39, 0.29) is 23.2 Å². The molecule has 1 N–H and O–H groups in total. The van der Waals surface area contributed by atoms with Crippen molar-refractivity contribution in [2.45, 2.75) is 38.8 Å². The van der Waals surface area contributed by atoms with E-state index in [9.17, 15) is 14.4 Å². The zero-order valence-electron chi connectivity index (χ0n) is 16.8. The lowest BCUT2D eigenvalue weighted by atomic mass is 9.88. The Balaban J connectivity index is 1.47. The van der Waals surface area contributed by atoms with Crippen LogP contribution in [-0.2, 0) is 22.5 Å². The predicted octanol–water partition coefficient (Wildman–Crippen LogP) is 2.77. The van der Waals surface area contributed by atoms with Crippen molar-refractivity contribution in [2.75, 3.05) is 6.61 Å². The second-order valence-electron chi connectivity index (χ2n) is 7.30. The monoisotopic (exact) mass is 405 g/mol. The molecule has 0 saturated carbocycles. The van der Waals surface area contributed by atoms with Gasteiger partial charge in [-0.05, 0) is 43.4 Å². The quantitative estimate of drug-likeness (QED) is 0.659. The summed E-state index contributed by atoms with van der Waals surface area (Å²) in [6, 6.07) is 14.7. The first-order chi connectivity index (χ1) is 14.6. The van der Waals surface area contributed by atoms with Gasteiger partial charge in [0.05, 0.1) is 11.4 Å². The highest BCUT2D eigenvalue weighted by molar-refractivity contribution is 6.02. The number of aromatic nitrogens is 2. The minimum Gasteiger partial charge on any atom is -0.451 e. The maximum atomic E-state index is 12.7. The molecule has 7 heteroatoms. The molecule has 0 saturated heterocycles. The molecule has 1 heterocycles. The normalized spacial score (nSPS) is 15.4. The minimum absolute atomic E-state index is 0.0304. The van der Waals surface area contributed by atoms with Crippen molar-refractivity contribution in [3.05, 3.63) is 75.7 Å². The summed E-state index contributed by atoms with van der Waals surface area (Å²) in [6.45, 7) is 1.69. The van der Waals surface area contributed by atoms with Crippen molar-refractivity contribution in [2.24, 2.45) is 0 Å². The standard InChI is InChI=1S/C23H23N3O4/c1-2-26-22(28)18-12-6-5-11-17(18)21(25-26)23(29)30-14-20(27)24-19-13-7-9-15-8-3-4-10-16(15)19/h3-6,8,10-12,19H,2,7,9,13-14H2,1H3,(H,24,27)/t19-/m1/s1. The van der Waals surface area contributed by atoms with E-state index in [0.717, 1.165) is 24.8 Å². The van der Waals surface area contributed by atoms with Gasteiger partial charge in [-0.1, -0.05) is 42.5 Å². The fourth-order valence-electron chi connectivity index (χ4n) is 3.94. The zero-order valence-corrected chi connectivity index (χ0v) is 16.8. The number of amides is 1. The first-order valence-corrected chi connectivity index (χ1v) is 10.1. The molecule has 0 fully saturated rings. The highest BCUT2D eigenvalue weighted by atomic mass is 16.5. The Kier molecular flexibility index (Phi) is 5.61. The topological polar surface area (TPSA) is 90.3 Å². The van der Waals surface area contributed by atoms with Crippen LogP contribution in [0.15, 0.2) is 53.3 Å². The van der Waals surface area contributed by atoms with Crippen LogP contribution in [0.3, 0.4) is 0 Å². The lowest BCUT2D eigenvalue weighted by Gasteiger charge is -2.26. The van der Waals surface area contributed by atoms with E-state index < -0.39 is 12.6 Å². The summed E-state index contributed by atoms with van der Waals surface area (Å²) >= 11 is 0. The second-order valence-corrected chi connectivity index (χ2v) is 7.30. The Labute approximate surface area is 173 Å². The highest BCUT2D eigenvalue weighted by Gasteiger charge is 2.23. The number of hydrogen-bond donors (Lipinski definition) is 1. The van der Waals surface area contributed by atoms with Crippen molar-refractivity contribution < 1.29 is 14.3 Å². The maximum absolute atomic E-state index is 12.7. The van der Waals surface area contributed by atoms with Gasteiger partial charge < -0.3 is 10.1 Å². The fourth-order valence-corrected chi connectivity index (χ4v) is 3.94. The first-order valence-electron chi connectivity index (χ1n) is 10.1. The van der Waals surface area contributed by atoms with E-state index in [1.165, 1.54) is 10.2 Å². The van der Waals surface area contributed by atoms with Crippen molar-refractivity contribution >= 4 is 22.6 Å². The van der Waals surface area contributed by atoms with Crippen LogP contribution < -0.4 is 10.9 Å². The molecular weight excluding hydrogens is 382 g/mol. The summed E-state index contributed by atoms with van der Waals surface area (Å²) in [7, 11) is 0. The number of rotatable bonds is 5. The van der Waals surface area contributed by atoms with Crippen molar-refractivity contribution in [3.8, 4) is 0 Å². The molecule has 1 aromatic heterocycles. The SMILES string of the molecule is CCn1nc(C(=O)OCC(=O)N[C@@H]2CCCc3ccccc32)c2ccccc2c1=O. The maximum Gasteiger partial charge on any atom is 0.359 e. The Hall–Kier alpha value is -3.48. The molecule has 1 atom stereocenters. The average Bonchev–Trinajstić information content (AvgIpc) is 2.78. The zero-order chi connectivity index (χ0) is 21.1. The summed E-state index contributed by atoms with van der Waals surface area (Å²) in [5.41, 5.74) is 2.12. The summed E-state index contributed by atoms with van der Waals surface area (Å²) in [4.78, 5) is 37.5. The number of hydrogen-bond acceptors (Lipinski definition) is 5. The van der Waals surface area contributed by atoms with Crippen LogP contribution in [0.1, 0.15) is 47.4 Å². The number of esters is 1. The van der Waals surface area contributed by atoms with E-state index in [4.69, 9.17) is 4.74 Å². The molecule has 0 aliphatic heterocycles. The van der Waals surface area contributed by atoms with Crippen LogP contribution in [0.25, 0.3) is 10.8 Å². The van der Waals surface area contributed by atoms with Gasteiger partial charge in [-0.2, -0.15) is 5.10 Å². The number of aryl methyl sites for hydroxylation is 2. The molecule has 154 valence electrons. The van der Waals surface area contributed by atoms with E-state index in [2.05, 4.69) is 16.5 Å². The molecule has 1 aliphatic carbocycles. The van der Waals surface area contributed by atoms with Gasteiger partial charge >= 0.3 is 5.97 Å². The van der Waals surface area contributed by atoms with Crippen LogP contribution >= 0.6 is 0 Å². The summed E-state index contributed by atoms with van der Waals surface area (Å²) < 4.78 is 6.46. The molecule has 2 aromatic carbocycles. The number of nitrogens with zero attached hydrogens (tertiary/aromatic N) is 2. The number of ether oxygens (including phenoxy) is 1. The number of nitrogens with one attached hydrogen (secondary N) is 1. The van der Waals surface area contributed by atoms with E-state index in [0.29, 0.717) is 17.3 Å². The van der Waals surface area contributed by atoms with Crippen LogP contribution in [0.5, 0.6) is 0 Å². The summed E-state index contributed by atoms with van der Waals surface area (Å²) in [5.74, 6) is -1.09. The number of benzene rings is 2. The molecule has 0 radical (unpaired) electrons. The molecule has 4 rings (SSSR count). The van der Waals surface area contributed by atoms with Gasteiger partial charge in [0.25, 0.3) is 11.5 Å². The third-order valence-corrected chi connectivity index (χ3v) is 5.40. The van der Waals surface area contributed by atoms with Crippen LogP contribution in [0.4, 0.5) is 0 Å². The minimum atomic E-state index is -0.729. The van der Waals surface area contributed by atoms with E-state index in [1.807, 2.05) is 18.2 Å². The lowest BCUT2D eigenvalue weighted by molar-refractivity contribution is -0.125. The number of carbonyl (C=O) groups excluding carboxylic acids is 2. The molecule has 7 nitrogen and oxygen atoms in total. The lowest BCUT2D eigenvalue weighted by Crippen LogP contribution is -2.34. The van der Waals surface area contributed by atoms with Crippen LogP contribution in [-0.4, -0.2) is 28.3 Å². The summed E-state index contributed by atoms with van der Waals surface area (Å²) in [5, 5.41) is 7.91. The van der Waals surface area contributed by atoms with Crippen LogP contribution in [0.2, 0.25) is 0 Å². The highest BCUT2D eigenvalue weighted by Crippen LogP contribution is 2.29. The van der Waals surface area contributed by atoms with Crippen molar-refractivity contribution in [1.29, 1.82) is 0 Å². The number of fused-ring (bicyclic) bond motifs is 2. The third-order valence-electron chi connectivity index (χ3n) is 5.40. The molecule has 1 aliphatic rings. The van der Waals surface area contributed by atoms with Gasteiger partial charge in [0.15, 0.2) is 12.3 Å². The number of carbonyl (C=O) groups is 2. The smallest absolute Gasteiger partial charge is 0.359 e. The largest absolute Gasteiger partial charge is 0.451 e. The predicted molar refractivity (Wildman–Crippen MR) is 112 cm³/mol. The van der Waals surface area contributed by atoms with Crippen molar-refractivity contribution in [3.63, 3.8) is 0 Å². The van der Waals surface area contributed by atoms with Crippen molar-refractivity contribution in [1.82, 2.24) is 15.1 Å². The Morgan fingerprint density at radius 3 is 2.67 bits per heavy atom. The Bertz CT molecular complexity index is 1170. The van der Waals surface area contributed by atoms with Gasteiger partial charge in [-0.15, -0.1) is 0 Å². The Morgan fingerprint density at radius 1 is 1.13 bits per heavy atom. The molecule has 3 aromatic rings. The summed E-state index contributed by atoms with van der Waals surface area (Å²) in [6.07, 6.45) is 2.85. The molecule has 30 heavy (non-hydrogen) atoms. The van der Waals surface area contributed by atoms with Gasteiger partial charge in [0, 0.05) is 11.9 Å². The van der Waals surface area contributed by atoms with E-state index in [1.54, 1.807) is 31.2 Å². The molecule has 0 bridgehead atoms. The van der Waals surface area contributed by atoms with E-state index >= 15 is 0 Å². The van der Waals surface area contributed by atoms with Gasteiger partial charge in [0.1, 0.15) is 0 Å². The van der Waals surface area contributed by atoms with Crippen LogP contribution in [0, 0.1) is 0 Å².